The molecule has 3 heterocycles. The second kappa shape index (κ2) is 8.52. The number of carbonyl (C=O) groups excluding carboxylic acids is 2. The van der Waals surface area contributed by atoms with Crippen LogP contribution in [0.1, 0.15) is 34.8 Å². The number of likely N-dealkylation sites (N-methyl/N-ethyl adjacent to an activating group) is 1. The van der Waals surface area contributed by atoms with Crippen molar-refractivity contribution in [1.82, 2.24) is 19.4 Å². The normalized spacial score (nSPS) is 10.9. The van der Waals surface area contributed by atoms with Crippen molar-refractivity contribution in [2.24, 2.45) is 0 Å². The van der Waals surface area contributed by atoms with Gasteiger partial charge in [0.15, 0.2) is 0 Å². The summed E-state index contributed by atoms with van der Waals surface area (Å²) in [6, 6.07) is 5.35. The number of hydrogen-bond donors (Lipinski definition) is 1. The number of fused-ring (bicyclic) bond motifs is 1. The lowest BCUT2D eigenvalue weighted by atomic mass is 10.2. The third kappa shape index (κ3) is 4.19. The van der Waals surface area contributed by atoms with Crippen molar-refractivity contribution in [2.45, 2.75) is 34.2 Å². The number of anilines is 1. The summed E-state index contributed by atoms with van der Waals surface area (Å²) in [6.45, 7) is 8.42. The zero-order chi connectivity index (χ0) is 21.1. The van der Waals surface area contributed by atoms with Crippen molar-refractivity contribution in [1.29, 1.82) is 0 Å². The minimum atomic E-state index is -0.339. The molecule has 0 unspecified atom stereocenters. The average Bonchev–Trinajstić information content (AvgIpc) is 3.02. The van der Waals surface area contributed by atoms with Gasteiger partial charge in [0.25, 0.3) is 11.5 Å². The van der Waals surface area contributed by atoms with Crippen LogP contribution in [0.5, 0.6) is 0 Å². The van der Waals surface area contributed by atoms with E-state index in [1.165, 1.54) is 10.9 Å². The molecule has 0 aliphatic carbocycles. The van der Waals surface area contributed by atoms with Gasteiger partial charge in [0.05, 0.1) is 16.6 Å². The fourth-order valence-corrected chi connectivity index (χ4v) is 4.13. The summed E-state index contributed by atoms with van der Waals surface area (Å²) in [6.07, 6.45) is 1.37. The van der Waals surface area contributed by atoms with E-state index < -0.39 is 0 Å². The number of nitrogens with one attached hydrogen (secondary N) is 1. The first-order valence-electron chi connectivity index (χ1n) is 9.37. The molecule has 3 aromatic heterocycles. The Hall–Kier alpha value is -3.07. The maximum atomic E-state index is 12.9. The third-order valence-corrected chi connectivity index (χ3v) is 5.87. The van der Waals surface area contributed by atoms with E-state index in [4.69, 9.17) is 0 Å². The summed E-state index contributed by atoms with van der Waals surface area (Å²) in [4.78, 5) is 49.1. The highest BCUT2D eigenvalue weighted by atomic mass is 32.1. The van der Waals surface area contributed by atoms with Gasteiger partial charge in [0.1, 0.15) is 17.2 Å². The lowest BCUT2D eigenvalue weighted by Crippen LogP contribution is -2.36. The Balaban J connectivity index is 1.93. The number of nitrogens with zero attached hydrogens (tertiary/aromatic N) is 4. The first-order valence-corrected chi connectivity index (χ1v) is 10.2. The molecule has 9 heteroatoms. The quantitative estimate of drug-likeness (QED) is 0.670. The fraction of sp³-hybridized carbons (Fsp3) is 0.350. The highest BCUT2D eigenvalue weighted by Gasteiger charge is 2.21. The molecular weight excluding hydrogens is 390 g/mol. The van der Waals surface area contributed by atoms with Crippen LogP contribution in [-0.2, 0) is 11.3 Å². The Morgan fingerprint density at radius 2 is 1.93 bits per heavy atom. The molecule has 0 aliphatic heterocycles. The Bertz CT molecular complexity index is 1130. The van der Waals surface area contributed by atoms with Crippen LogP contribution in [0.3, 0.4) is 0 Å². The molecule has 0 fully saturated rings. The second-order valence-corrected chi connectivity index (χ2v) is 7.60. The van der Waals surface area contributed by atoms with Gasteiger partial charge in [-0.25, -0.2) is 9.97 Å². The molecule has 0 atom stereocenters. The first-order chi connectivity index (χ1) is 13.8. The molecule has 0 spiro atoms. The van der Waals surface area contributed by atoms with Crippen molar-refractivity contribution in [3.05, 3.63) is 51.0 Å². The molecule has 0 aromatic carbocycles. The van der Waals surface area contributed by atoms with Crippen LogP contribution in [0, 0.1) is 13.8 Å². The standard InChI is InChI=1S/C20H23N5O3S/c1-5-24(6-2)15(26)10-25-11-21-19-16(20(25)28)13(4)17(29-19)18(27)23-14-9-7-8-12(3)22-14/h7-9,11H,5-6,10H2,1-4H3,(H,22,23,27). The SMILES string of the molecule is CCN(CC)C(=O)Cn1cnc2sc(C(=O)Nc3cccc(C)n3)c(C)c2c1=O. The number of aromatic nitrogens is 3. The van der Waals surface area contributed by atoms with E-state index in [2.05, 4.69) is 15.3 Å². The fourth-order valence-electron chi connectivity index (χ4n) is 3.10. The van der Waals surface area contributed by atoms with Crippen LogP contribution in [0.2, 0.25) is 0 Å². The van der Waals surface area contributed by atoms with Crippen molar-refractivity contribution in [2.75, 3.05) is 18.4 Å². The van der Waals surface area contributed by atoms with Crippen LogP contribution in [-0.4, -0.2) is 44.3 Å². The minimum absolute atomic E-state index is 0.0759. The highest BCUT2D eigenvalue weighted by Crippen LogP contribution is 2.27. The Labute approximate surface area is 172 Å². The van der Waals surface area contributed by atoms with E-state index in [1.807, 2.05) is 32.9 Å². The number of pyridine rings is 1. The largest absolute Gasteiger partial charge is 0.342 e. The van der Waals surface area contributed by atoms with Crippen LogP contribution >= 0.6 is 11.3 Å². The van der Waals surface area contributed by atoms with Gasteiger partial charge in [-0.3, -0.25) is 19.0 Å². The topological polar surface area (TPSA) is 97.2 Å². The summed E-state index contributed by atoms with van der Waals surface area (Å²) in [7, 11) is 0. The van der Waals surface area contributed by atoms with Gasteiger partial charge in [-0.15, -0.1) is 11.3 Å². The lowest BCUT2D eigenvalue weighted by molar-refractivity contribution is -0.131. The molecule has 0 saturated heterocycles. The zero-order valence-corrected chi connectivity index (χ0v) is 17.7. The molecule has 0 aliphatic rings. The van der Waals surface area contributed by atoms with Crippen LogP contribution in [0.25, 0.3) is 10.2 Å². The molecule has 29 heavy (non-hydrogen) atoms. The van der Waals surface area contributed by atoms with Gasteiger partial charge < -0.3 is 10.2 Å². The number of carbonyl (C=O) groups is 2. The van der Waals surface area contributed by atoms with E-state index in [0.29, 0.717) is 39.6 Å². The van der Waals surface area contributed by atoms with Crippen LogP contribution < -0.4 is 10.9 Å². The van der Waals surface area contributed by atoms with Crippen LogP contribution in [0.4, 0.5) is 5.82 Å². The second-order valence-electron chi connectivity index (χ2n) is 6.60. The van der Waals surface area contributed by atoms with Gasteiger partial charge in [-0.05, 0) is 45.4 Å². The molecule has 1 N–H and O–H groups in total. The summed E-state index contributed by atoms with van der Waals surface area (Å²) < 4.78 is 1.30. The summed E-state index contributed by atoms with van der Waals surface area (Å²) in [5.41, 5.74) is 1.02. The van der Waals surface area contributed by atoms with Gasteiger partial charge in [-0.1, -0.05) is 6.07 Å². The van der Waals surface area contributed by atoms with Gasteiger partial charge in [0.2, 0.25) is 5.91 Å². The van der Waals surface area contributed by atoms with Crippen LogP contribution in [0.15, 0.2) is 29.3 Å². The third-order valence-electron chi connectivity index (χ3n) is 4.68. The first kappa shape index (κ1) is 20.7. The molecule has 8 nitrogen and oxygen atoms in total. The molecule has 152 valence electrons. The van der Waals surface area contributed by atoms with Gasteiger partial charge in [-0.2, -0.15) is 0 Å². The van der Waals surface area contributed by atoms with Crippen molar-refractivity contribution < 1.29 is 9.59 Å². The smallest absolute Gasteiger partial charge is 0.267 e. The monoisotopic (exact) mass is 413 g/mol. The number of rotatable bonds is 6. The predicted octanol–water partition coefficient (Wildman–Crippen LogP) is 2.59. The van der Waals surface area contributed by atoms with E-state index in [-0.39, 0.29) is 23.9 Å². The zero-order valence-electron chi connectivity index (χ0n) is 16.9. The molecule has 3 rings (SSSR count). The summed E-state index contributed by atoms with van der Waals surface area (Å²) in [5.74, 6) is -0.0366. The van der Waals surface area contributed by atoms with E-state index in [0.717, 1.165) is 17.0 Å². The summed E-state index contributed by atoms with van der Waals surface area (Å²) >= 11 is 1.15. The van der Waals surface area contributed by atoms with Gasteiger partial charge >= 0.3 is 0 Å². The van der Waals surface area contributed by atoms with Crippen molar-refractivity contribution >= 4 is 39.2 Å². The number of hydrogen-bond acceptors (Lipinski definition) is 6. The number of amides is 2. The lowest BCUT2D eigenvalue weighted by Gasteiger charge is -2.18. The average molecular weight is 414 g/mol. The molecule has 2 amide bonds. The molecule has 0 saturated carbocycles. The van der Waals surface area contributed by atoms with Crippen molar-refractivity contribution in [3.8, 4) is 0 Å². The Morgan fingerprint density at radius 3 is 2.59 bits per heavy atom. The Kier molecular flexibility index (Phi) is 6.07. The number of thiophene rings is 1. The van der Waals surface area contributed by atoms with E-state index in [9.17, 15) is 14.4 Å². The van der Waals surface area contributed by atoms with Gasteiger partial charge in [0, 0.05) is 18.8 Å². The molecule has 3 aromatic rings. The van der Waals surface area contributed by atoms with Crippen molar-refractivity contribution in [3.63, 3.8) is 0 Å². The predicted molar refractivity (Wildman–Crippen MR) is 113 cm³/mol. The Morgan fingerprint density at radius 1 is 1.21 bits per heavy atom. The summed E-state index contributed by atoms with van der Waals surface area (Å²) in [5, 5.41) is 3.13. The van der Waals surface area contributed by atoms with E-state index in [1.54, 1.807) is 17.9 Å². The highest BCUT2D eigenvalue weighted by molar-refractivity contribution is 7.20. The molecule has 0 radical (unpaired) electrons. The number of aryl methyl sites for hydroxylation is 2. The maximum absolute atomic E-state index is 12.9. The minimum Gasteiger partial charge on any atom is -0.342 e. The van der Waals surface area contributed by atoms with E-state index >= 15 is 0 Å². The maximum Gasteiger partial charge on any atom is 0.267 e. The molecular formula is C20H23N5O3S. The molecule has 0 bridgehead atoms.